The molecule has 0 bridgehead atoms. The number of aliphatic carboxylic acids is 1. The summed E-state index contributed by atoms with van der Waals surface area (Å²) in [6.07, 6.45) is 0. The summed E-state index contributed by atoms with van der Waals surface area (Å²) < 4.78 is 24.7. The predicted octanol–water partition coefficient (Wildman–Crippen LogP) is 0.654. The third-order valence-corrected chi connectivity index (χ3v) is 5.54. The van der Waals surface area contributed by atoms with Crippen LogP contribution in [0.5, 0.6) is 11.5 Å². The van der Waals surface area contributed by atoms with E-state index in [2.05, 4.69) is 0 Å². The number of ether oxygens (including phenoxy) is 2. The summed E-state index contributed by atoms with van der Waals surface area (Å²) in [5.41, 5.74) is -0.405. The highest BCUT2D eigenvalue weighted by atomic mass is 19.1. The number of likely N-dealkylation sites (tertiary alicyclic amines) is 2. The maximum atomic E-state index is 14.4. The van der Waals surface area contributed by atoms with E-state index in [4.69, 9.17) is 14.6 Å². The molecule has 8 heteroatoms. The number of hydrogen-bond acceptors (Lipinski definition) is 6. The lowest BCUT2D eigenvalue weighted by molar-refractivity contribution is -0.149. The van der Waals surface area contributed by atoms with Crippen LogP contribution in [-0.4, -0.2) is 79.5 Å². The molecule has 2 aliphatic heterocycles. The zero-order chi connectivity index (χ0) is 18.9. The van der Waals surface area contributed by atoms with Crippen molar-refractivity contribution >= 4 is 5.97 Å². The average Bonchev–Trinajstić information content (AvgIpc) is 3.11. The number of nitrogens with zero attached hydrogens (tertiary/aromatic N) is 2. The lowest BCUT2D eigenvalue weighted by atomic mass is 9.81. The molecule has 2 N–H and O–H groups in total. The molecular weight excluding hydrogens is 343 g/mol. The second-order valence-corrected chi connectivity index (χ2v) is 7.09. The molecule has 7 nitrogen and oxygen atoms in total. The largest absolute Gasteiger partial charge is 0.493 e. The Bertz CT molecular complexity index is 686. The van der Waals surface area contributed by atoms with Crippen molar-refractivity contribution < 1.29 is 28.9 Å². The topological polar surface area (TPSA) is 82.5 Å². The molecule has 1 aromatic rings. The highest BCUT2D eigenvalue weighted by Gasteiger charge is 2.57. The van der Waals surface area contributed by atoms with Crippen LogP contribution in [-0.2, 0) is 11.3 Å². The van der Waals surface area contributed by atoms with E-state index in [1.165, 1.54) is 20.3 Å². The van der Waals surface area contributed by atoms with Crippen molar-refractivity contribution in [1.82, 2.24) is 9.80 Å². The highest BCUT2D eigenvalue weighted by Crippen LogP contribution is 2.43. The van der Waals surface area contributed by atoms with Crippen LogP contribution in [0.3, 0.4) is 0 Å². The summed E-state index contributed by atoms with van der Waals surface area (Å²) in [7, 11) is 2.95. The Kier molecular flexibility index (Phi) is 5.36. The maximum Gasteiger partial charge on any atom is 0.312 e. The first-order valence-corrected chi connectivity index (χ1v) is 8.63. The van der Waals surface area contributed by atoms with Crippen LogP contribution >= 0.6 is 0 Å². The summed E-state index contributed by atoms with van der Waals surface area (Å²) in [5, 5.41) is 18.9. The second-order valence-electron chi connectivity index (χ2n) is 7.09. The van der Waals surface area contributed by atoms with Gasteiger partial charge in [-0.15, -0.1) is 0 Å². The highest BCUT2D eigenvalue weighted by molar-refractivity contribution is 5.77. The monoisotopic (exact) mass is 368 g/mol. The summed E-state index contributed by atoms with van der Waals surface area (Å²) in [4.78, 5) is 16.0. The van der Waals surface area contributed by atoms with E-state index in [0.29, 0.717) is 56.3 Å². The van der Waals surface area contributed by atoms with Gasteiger partial charge in [0.1, 0.15) is 5.82 Å². The van der Waals surface area contributed by atoms with E-state index < -0.39 is 17.2 Å². The lowest BCUT2D eigenvalue weighted by Gasteiger charge is -2.25. The van der Waals surface area contributed by atoms with Crippen LogP contribution in [0.2, 0.25) is 0 Å². The Morgan fingerprint density at radius 1 is 1.23 bits per heavy atom. The molecule has 2 fully saturated rings. The van der Waals surface area contributed by atoms with Gasteiger partial charge < -0.3 is 19.7 Å². The van der Waals surface area contributed by atoms with Crippen molar-refractivity contribution in [2.75, 3.05) is 53.6 Å². The van der Waals surface area contributed by atoms with Gasteiger partial charge in [0.25, 0.3) is 0 Å². The number of fused-ring (bicyclic) bond motifs is 1. The van der Waals surface area contributed by atoms with Crippen LogP contribution in [0.25, 0.3) is 0 Å². The van der Waals surface area contributed by atoms with Gasteiger partial charge in [-0.1, -0.05) is 0 Å². The van der Waals surface area contributed by atoms with Crippen molar-refractivity contribution in [1.29, 1.82) is 0 Å². The molecule has 2 atom stereocenters. The molecule has 2 saturated heterocycles. The summed E-state index contributed by atoms with van der Waals surface area (Å²) in [5.74, 6) is -0.474. The predicted molar refractivity (Wildman–Crippen MR) is 91.9 cm³/mol. The van der Waals surface area contributed by atoms with Crippen LogP contribution in [0.1, 0.15) is 5.56 Å². The van der Waals surface area contributed by atoms with Crippen LogP contribution in [0.4, 0.5) is 4.39 Å². The van der Waals surface area contributed by atoms with Gasteiger partial charge in [0.15, 0.2) is 11.5 Å². The average molecular weight is 368 g/mol. The van der Waals surface area contributed by atoms with Crippen LogP contribution < -0.4 is 9.47 Å². The molecule has 0 aromatic heterocycles. The molecule has 0 radical (unpaired) electrons. The van der Waals surface area contributed by atoms with Crippen LogP contribution in [0, 0.1) is 17.2 Å². The smallest absolute Gasteiger partial charge is 0.312 e. The summed E-state index contributed by atoms with van der Waals surface area (Å²) in [6, 6.07) is 2.90. The fourth-order valence-corrected chi connectivity index (χ4v) is 4.27. The normalized spacial score (nSPS) is 26.1. The van der Waals surface area contributed by atoms with Crippen molar-refractivity contribution in [3.8, 4) is 11.5 Å². The number of carboxylic acid groups (broad SMARTS) is 1. The fraction of sp³-hybridized carbons (Fsp3) is 0.611. The molecule has 26 heavy (non-hydrogen) atoms. The number of aliphatic hydroxyl groups excluding tert-OH is 1. The molecular formula is C18H25FN2O5. The number of carbonyl (C=O) groups is 1. The molecule has 0 saturated carbocycles. The molecule has 1 aromatic carbocycles. The van der Waals surface area contributed by atoms with E-state index >= 15 is 0 Å². The molecule has 2 heterocycles. The molecule has 2 aliphatic rings. The van der Waals surface area contributed by atoms with E-state index in [0.717, 1.165) is 0 Å². The third kappa shape index (κ3) is 3.24. The molecule has 0 unspecified atom stereocenters. The van der Waals surface area contributed by atoms with Crippen molar-refractivity contribution in [3.05, 3.63) is 23.5 Å². The summed E-state index contributed by atoms with van der Waals surface area (Å²) >= 11 is 0. The van der Waals surface area contributed by atoms with Crippen molar-refractivity contribution in [2.45, 2.75) is 6.54 Å². The van der Waals surface area contributed by atoms with Gasteiger partial charge in [0, 0.05) is 56.8 Å². The summed E-state index contributed by atoms with van der Waals surface area (Å²) in [6.45, 7) is 2.82. The van der Waals surface area contributed by atoms with Crippen LogP contribution in [0.15, 0.2) is 12.1 Å². The number of benzene rings is 1. The van der Waals surface area contributed by atoms with Crippen molar-refractivity contribution in [2.24, 2.45) is 11.3 Å². The Hall–Kier alpha value is -1.90. The first kappa shape index (κ1) is 18.9. The van der Waals surface area contributed by atoms with Gasteiger partial charge in [-0.05, 0) is 6.07 Å². The number of methoxy groups -OCH3 is 2. The number of carboxylic acids is 1. The van der Waals surface area contributed by atoms with Gasteiger partial charge in [-0.2, -0.15) is 0 Å². The van der Waals surface area contributed by atoms with Gasteiger partial charge in [0.05, 0.1) is 26.2 Å². The van der Waals surface area contributed by atoms with E-state index in [1.807, 2.05) is 9.80 Å². The van der Waals surface area contributed by atoms with E-state index in [9.17, 15) is 14.3 Å². The Labute approximate surface area is 151 Å². The number of hydrogen-bond donors (Lipinski definition) is 2. The quantitative estimate of drug-likeness (QED) is 0.731. The lowest BCUT2D eigenvalue weighted by Crippen LogP contribution is -2.41. The minimum absolute atomic E-state index is 0.0169. The number of β-amino-alcohol motifs (C(OH)–C–C–N with tert-alkyl or cyclic N) is 1. The second kappa shape index (κ2) is 7.38. The zero-order valence-corrected chi connectivity index (χ0v) is 15.1. The Morgan fingerprint density at radius 2 is 1.85 bits per heavy atom. The fourth-order valence-electron chi connectivity index (χ4n) is 4.27. The Balaban J connectivity index is 1.77. The first-order chi connectivity index (χ1) is 12.4. The van der Waals surface area contributed by atoms with Gasteiger partial charge in [-0.3, -0.25) is 14.6 Å². The first-order valence-electron chi connectivity index (χ1n) is 8.63. The number of halogens is 1. The SMILES string of the molecule is COc1cc(F)c(CN2C[C@H]3CN(CCO)C[C@@]3(C(=O)O)C2)cc1OC. The van der Waals surface area contributed by atoms with Gasteiger partial charge in [0.2, 0.25) is 0 Å². The molecule has 0 aliphatic carbocycles. The van der Waals surface area contributed by atoms with Gasteiger partial charge in [-0.25, -0.2) is 4.39 Å². The zero-order valence-electron chi connectivity index (χ0n) is 15.1. The Morgan fingerprint density at radius 3 is 2.42 bits per heavy atom. The third-order valence-electron chi connectivity index (χ3n) is 5.54. The van der Waals surface area contributed by atoms with E-state index in [1.54, 1.807) is 6.07 Å². The molecule has 144 valence electrons. The minimum atomic E-state index is -0.859. The van der Waals surface area contributed by atoms with Crippen molar-refractivity contribution in [3.63, 3.8) is 0 Å². The van der Waals surface area contributed by atoms with Gasteiger partial charge >= 0.3 is 5.97 Å². The maximum absolute atomic E-state index is 14.4. The molecule has 3 rings (SSSR count). The molecule has 0 amide bonds. The molecule has 0 spiro atoms. The minimum Gasteiger partial charge on any atom is -0.493 e. The van der Waals surface area contributed by atoms with E-state index in [-0.39, 0.29) is 12.5 Å². The number of aliphatic hydroxyl groups is 1. The number of rotatable bonds is 7. The standard InChI is InChI=1S/C18H25FN2O5/c1-25-15-5-12(14(19)6-16(15)26-2)7-21-9-13-8-20(3-4-22)10-18(13,11-21)17(23)24/h5-6,13,22H,3-4,7-11H2,1-2H3,(H,23,24)/t13-,18-/m1/s1.